The molecule has 0 saturated heterocycles. The highest BCUT2D eigenvalue weighted by Crippen LogP contribution is 2.23. The number of hydrogen-bond donors (Lipinski definition) is 2. The number of unbranched alkanes of at least 4 members (excludes halogenated alkanes) is 1. The number of alkyl halides is 2. The van der Waals surface area contributed by atoms with Gasteiger partial charge in [-0.1, -0.05) is 11.3 Å². The van der Waals surface area contributed by atoms with Gasteiger partial charge < -0.3 is 15.4 Å². The fourth-order valence-electron chi connectivity index (χ4n) is 2.98. The number of carbonyl (C=O) groups is 2. The molecule has 186 valence electrons. The fourth-order valence-corrected chi connectivity index (χ4v) is 3.77. The number of halogens is 3. The molecule has 0 aliphatic rings. The maximum atomic E-state index is 14.0. The summed E-state index contributed by atoms with van der Waals surface area (Å²) in [6, 6.07) is 6.67. The molecule has 2 amide bonds. The monoisotopic (exact) mass is 508 g/mol. The second-order valence-electron chi connectivity index (χ2n) is 7.64. The van der Waals surface area contributed by atoms with Crippen molar-refractivity contribution in [3.63, 3.8) is 0 Å². The summed E-state index contributed by atoms with van der Waals surface area (Å²) >= 11 is 1.13. The number of nitrogens with zero attached hydrogens (tertiary/aromatic N) is 4. The van der Waals surface area contributed by atoms with Crippen molar-refractivity contribution in [1.29, 1.82) is 0 Å². The van der Waals surface area contributed by atoms with E-state index in [1.165, 1.54) is 6.92 Å². The van der Waals surface area contributed by atoms with Crippen molar-refractivity contribution in [1.82, 2.24) is 25.7 Å². The third kappa shape index (κ3) is 8.59. The van der Waals surface area contributed by atoms with Crippen LogP contribution in [0.2, 0.25) is 0 Å². The van der Waals surface area contributed by atoms with Crippen LogP contribution in [0.15, 0.2) is 30.3 Å². The molecule has 1 aromatic carbocycles. The van der Waals surface area contributed by atoms with Gasteiger partial charge in [0, 0.05) is 32.4 Å². The van der Waals surface area contributed by atoms with Crippen LogP contribution in [0.5, 0.6) is 5.75 Å². The van der Waals surface area contributed by atoms with Gasteiger partial charge in [0.05, 0.1) is 5.69 Å². The standard InChI is InChI=1S/C22H23F3N6O3S/c1-13(32)27-18-10-7-15(28-29-18)5-3-4-6-19-30-31-21(35-19)20(33)26-12-14-11-16(8-9-17(14)23)34-22(2,24)25/h7-11H,3-6,12H2,1-2H3,(H,26,33)(H,27,29,32). The van der Waals surface area contributed by atoms with E-state index in [0.29, 0.717) is 30.6 Å². The van der Waals surface area contributed by atoms with E-state index in [9.17, 15) is 22.8 Å². The number of aryl methyl sites for hydroxylation is 2. The average Bonchev–Trinajstić information content (AvgIpc) is 3.26. The highest BCUT2D eigenvalue weighted by molar-refractivity contribution is 7.13. The van der Waals surface area contributed by atoms with Gasteiger partial charge in [-0.15, -0.1) is 15.3 Å². The number of rotatable bonds is 11. The molecule has 0 aliphatic heterocycles. The van der Waals surface area contributed by atoms with E-state index in [1.54, 1.807) is 12.1 Å². The minimum atomic E-state index is -3.41. The topological polar surface area (TPSA) is 119 Å². The molecule has 0 unspecified atom stereocenters. The summed E-state index contributed by atoms with van der Waals surface area (Å²) in [7, 11) is 0. The Balaban J connectivity index is 1.44. The van der Waals surface area contributed by atoms with Crippen molar-refractivity contribution in [2.45, 2.75) is 52.2 Å². The molecule has 0 spiro atoms. The normalized spacial score (nSPS) is 11.2. The van der Waals surface area contributed by atoms with Gasteiger partial charge in [0.25, 0.3) is 5.91 Å². The van der Waals surface area contributed by atoms with E-state index in [-0.39, 0.29) is 28.8 Å². The van der Waals surface area contributed by atoms with E-state index < -0.39 is 17.8 Å². The Hall–Kier alpha value is -3.61. The predicted molar refractivity (Wildman–Crippen MR) is 122 cm³/mol. The summed E-state index contributed by atoms with van der Waals surface area (Å²) in [6.45, 7) is 1.74. The van der Waals surface area contributed by atoms with Crippen molar-refractivity contribution in [2.24, 2.45) is 0 Å². The average molecular weight is 509 g/mol. The van der Waals surface area contributed by atoms with Crippen LogP contribution in [-0.4, -0.2) is 38.3 Å². The quantitative estimate of drug-likeness (QED) is 0.377. The minimum absolute atomic E-state index is 0.00181. The first-order valence-electron chi connectivity index (χ1n) is 10.6. The van der Waals surface area contributed by atoms with Gasteiger partial charge in [-0.3, -0.25) is 9.59 Å². The lowest BCUT2D eigenvalue weighted by atomic mass is 10.1. The van der Waals surface area contributed by atoms with Gasteiger partial charge in [0.2, 0.25) is 10.9 Å². The van der Waals surface area contributed by atoms with Crippen molar-refractivity contribution >= 4 is 29.0 Å². The second-order valence-corrected chi connectivity index (χ2v) is 8.71. The fraction of sp³-hybridized carbons (Fsp3) is 0.364. The van der Waals surface area contributed by atoms with Gasteiger partial charge >= 0.3 is 6.11 Å². The lowest BCUT2D eigenvalue weighted by Crippen LogP contribution is -2.23. The molecule has 2 heterocycles. The molecule has 2 N–H and O–H groups in total. The molecule has 13 heteroatoms. The number of aromatic nitrogens is 4. The smallest absolute Gasteiger partial charge is 0.394 e. The van der Waals surface area contributed by atoms with E-state index >= 15 is 0 Å². The summed E-state index contributed by atoms with van der Waals surface area (Å²) in [5, 5.41) is 21.7. The zero-order valence-electron chi connectivity index (χ0n) is 19.0. The summed E-state index contributed by atoms with van der Waals surface area (Å²) in [6.07, 6.45) is -0.512. The van der Waals surface area contributed by atoms with Crippen LogP contribution in [0.4, 0.5) is 19.0 Å². The molecular weight excluding hydrogens is 485 g/mol. The van der Waals surface area contributed by atoms with Gasteiger partial charge in [0.15, 0.2) is 5.82 Å². The van der Waals surface area contributed by atoms with E-state index in [0.717, 1.165) is 48.1 Å². The van der Waals surface area contributed by atoms with Crippen molar-refractivity contribution in [3.05, 3.63) is 57.4 Å². The molecule has 0 aliphatic carbocycles. The van der Waals surface area contributed by atoms with Crippen molar-refractivity contribution < 1.29 is 27.5 Å². The SMILES string of the molecule is CC(=O)Nc1ccc(CCCCc2nnc(C(=O)NCc3cc(OC(C)(F)F)ccc3F)s2)nn1. The predicted octanol–water partition coefficient (Wildman–Crippen LogP) is 3.91. The molecule has 0 bridgehead atoms. The number of anilines is 1. The second kappa shape index (κ2) is 11.7. The maximum absolute atomic E-state index is 14.0. The molecule has 35 heavy (non-hydrogen) atoms. The zero-order chi connectivity index (χ0) is 25.4. The van der Waals surface area contributed by atoms with Crippen molar-refractivity contribution in [2.75, 3.05) is 5.32 Å². The van der Waals surface area contributed by atoms with E-state index in [2.05, 4.69) is 35.8 Å². The molecule has 0 saturated carbocycles. The molecule has 0 radical (unpaired) electrons. The summed E-state index contributed by atoms with van der Waals surface area (Å²) in [5.74, 6) is -1.24. The molecule has 0 atom stereocenters. The molecule has 3 rings (SSSR count). The lowest BCUT2D eigenvalue weighted by molar-refractivity contribution is -0.159. The number of hydrogen-bond acceptors (Lipinski definition) is 8. The number of carbonyl (C=O) groups excluding carboxylic acids is 2. The Morgan fingerprint density at radius 3 is 2.51 bits per heavy atom. The van der Waals surface area contributed by atoms with Crippen LogP contribution in [-0.2, 0) is 24.2 Å². The molecule has 9 nitrogen and oxygen atoms in total. The van der Waals surface area contributed by atoms with Crippen LogP contribution in [0.1, 0.15) is 52.8 Å². The maximum Gasteiger partial charge on any atom is 0.394 e. The summed E-state index contributed by atoms with van der Waals surface area (Å²) in [5.41, 5.74) is 0.791. The first-order valence-corrected chi connectivity index (χ1v) is 11.5. The van der Waals surface area contributed by atoms with Crippen LogP contribution in [0.25, 0.3) is 0 Å². The van der Waals surface area contributed by atoms with Crippen LogP contribution < -0.4 is 15.4 Å². The largest absolute Gasteiger partial charge is 0.433 e. The van der Waals surface area contributed by atoms with Crippen LogP contribution in [0, 0.1) is 5.82 Å². The molecule has 0 fully saturated rings. The minimum Gasteiger partial charge on any atom is -0.433 e. The van der Waals surface area contributed by atoms with E-state index in [1.807, 2.05) is 0 Å². The summed E-state index contributed by atoms with van der Waals surface area (Å²) in [4.78, 5) is 23.3. The van der Waals surface area contributed by atoms with Crippen molar-refractivity contribution in [3.8, 4) is 5.75 Å². The van der Waals surface area contributed by atoms with Gasteiger partial charge in [0.1, 0.15) is 16.6 Å². The third-order valence-electron chi connectivity index (χ3n) is 4.51. The molecular formula is C22H23F3N6O3S. The lowest BCUT2D eigenvalue weighted by Gasteiger charge is -2.14. The van der Waals surface area contributed by atoms with Gasteiger partial charge in [-0.05, 0) is 49.6 Å². The Bertz CT molecular complexity index is 1170. The van der Waals surface area contributed by atoms with Gasteiger partial charge in [-0.25, -0.2) is 4.39 Å². The highest BCUT2D eigenvalue weighted by atomic mass is 32.1. The first kappa shape index (κ1) is 26.0. The number of ether oxygens (including phenoxy) is 1. The first-order chi connectivity index (χ1) is 16.6. The van der Waals surface area contributed by atoms with Crippen LogP contribution in [0.3, 0.4) is 0 Å². The third-order valence-corrected chi connectivity index (χ3v) is 5.49. The molecule has 2 aromatic heterocycles. The highest BCUT2D eigenvalue weighted by Gasteiger charge is 2.23. The Morgan fingerprint density at radius 2 is 1.83 bits per heavy atom. The number of nitrogens with one attached hydrogen (secondary N) is 2. The number of amides is 2. The zero-order valence-corrected chi connectivity index (χ0v) is 19.8. The Kier molecular flexibility index (Phi) is 8.68. The Labute approximate surface area is 203 Å². The van der Waals surface area contributed by atoms with Crippen LogP contribution >= 0.6 is 11.3 Å². The summed E-state index contributed by atoms with van der Waals surface area (Å²) < 4.78 is 44.4. The number of benzene rings is 1. The van der Waals surface area contributed by atoms with E-state index in [4.69, 9.17) is 0 Å². The Morgan fingerprint density at radius 1 is 1.06 bits per heavy atom. The van der Waals surface area contributed by atoms with Gasteiger partial charge in [-0.2, -0.15) is 13.9 Å². The molecule has 3 aromatic rings.